The molecule has 0 amide bonds. The van der Waals surface area contributed by atoms with Crippen molar-refractivity contribution in [1.82, 2.24) is 0 Å². The molecule has 0 aliphatic heterocycles. The predicted octanol–water partition coefficient (Wildman–Crippen LogP) is 2.83. The quantitative estimate of drug-likeness (QED) is 0.480. The van der Waals surface area contributed by atoms with E-state index < -0.39 is 0 Å². The molecular weight excluding hydrogens is 120 g/mol. The second-order valence-corrected chi connectivity index (χ2v) is 4.87. The third-order valence-corrected chi connectivity index (χ3v) is 4.58. The van der Waals surface area contributed by atoms with Crippen LogP contribution in [0.1, 0.15) is 39.0 Å². The Hall–Kier alpha value is 0. The van der Waals surface area contributed by atoms with Crippen LogP contribution in [0.15, 0.2) is 0 Å². The summed E-state index contributed by atoms with van der Waals surface area (Å²) in [5.74, 6) is 3.55. The topological polar surface area (TPSA) is 0 Å². The Labute approximate surface area is 63.0 Å². The molecule has 10 heavy (non-hydrogen) atoms. The monoisotopic (exact) mass is 136 g/mol. The van der Waals surface area contributed by atoms with Crippen molar-refractivity contribution in [3.05, 3.63) is 0 Å². The summed E-state index contributed by atoms with van der Waals surface area (Å²) in [7, 11) is 0. The molecule has 0 heteroatoms. The van der Waals surface area contributed by atoms with E-state index in [1.54, 1.807) is 25.7 Å². The van der Waals surface area contributed by atoms with Gasteiger partial charge in [0.2, 0.25) is 0 Å². The molecule has 0 aromatic rings. The zero-order chi connectivity index (χ0) is 6.77. The minimum atomic E-state index is 0.862. The molecule has 3 rings (SSSR count). The Balaban J connectivity index is 1.95. The highest BCUT2D eigenvalue weighted by atomic mass is 14.7. The van der Waals surface area contributed by atoms with Crippen LogP contribution in [0.25, 0.3) is 0 Å². The molecule has 56 valence electrons. The zero-order valence-corrected chi connectivity index (χ0v) is 6.77. The average Bonchev–Trinajstić information content (AvgIpc) is 2.37. The van der Waals surface area contributed by atoms with Crippen LogP contribution in [-0.4, -0.2) is 0 Å². The third kappa shape index (κ3) is 0.436. The summed E-state index contributed by atoms with van der Waals surface area (Å²) >= 11 is 0. The van der Waals surface area contributed by atoms with Crippen molar-refractivity contribution < 1.29 is 0 Å². The van der Waals surface area contributed by atoms with E-state index in [-0.39, 0.29) is 0 Å². The van der Waals surface area contributed by atoms with E-state index in [0.717, 1.165) is 5.41 Å². The molecule has 0 aromatic carbocycles. The normalized spacial score (nSPS) is 63.9. The van der Waals surface area contributed by atoms with Crippen molar-refractivity contribution in [2.45, 2.75) is 39.0 Å². The van der Waals surface area contributed by atoms with Gasteiger partial charge in [-0.2, -0.15) is 0 Å². The van der Waals surface area contributed by atoms with Crippen LogP contribution < -0.4 is 0 Å². The van der Waals surface area contributed by atoms with E-state index >= 15 is 0 Å². The van der Waals surface area contributed by atoms with E-state index in [1.807, 2.05) is 0 Å². The van der Waals surface area contributed by atoms with Crippen molar-refractivity contribution in [3.8, 4) is 0 Å². The Kier molecular flexibility index (Phi) is 0.810. The molecule has 3 fully saturated rings. The third-order valence-electron chi connectivity index (χ3n) is 4.58. The minimum Gasteiger partial charge on any atom is -0.0591 e. The van der Waals surface area contributed by atoms with Gasteiger partial charge in [0.15, 0.2) is 0 Å². The molecule has 0 aromatic heterocycles. The lowest BCUT2D eigenvalue weighted by molar-refractivity contribution is 0.246. The van der Waals surface area contributed by atoms with Gasteiger partial charge in [0.05, 0.1) is 0 Å². The second kappa shape index (κ2) is 1.44. The molecule has 0 radical (unpaired) electrons. The summed E-state index contributed by atoms with van der Waals surface area (Å²) in [6.45, 7) is 2.54. The number of fused-ring (bicyclic) bond motifs is 1. The van der Waals surface area contributed by atoms with Gasteiger partial charge in [0, 0.05) is 0 Å². The minimum absolute atomic E-state index is 0.862. The first-order valence-electron chi connectivity index (χ1n) is 4.82. The van der Waals surface area contributed by atoms with Gasteiger partial charge in [-0.3, -0.25) is 0 Å². The van der Waals surface area contributed by atoms with Crippen LogP contribution >= 0.6 is 0 Å². The van der Waals surface area contributed by atoms with Gasteiger partial charge in [-0.25, -0.2) is 0 Å². The SMILES string of the molecule is CC12CCCC3CCC1C32. The number of hydrogen-bond donors (Lipinski definition) is 0. The van der Waals surface area contributed by atoms with E-state index in [4.69, 9.17) is 0 Å². The van der Waals surface area contributed by atoms with Crippen molar-refractivity contribution in [1.29, 1.82) is 0 Å². The molecule has 0 N–H and O–H groups in total. The van der Waals surface area contributed by atoms with Gasteiger partial charge in [-0.05, 0) is 42.4 Å². The molecule has 0 bridgehead atoms. The fourth-order valence-electron chi connectivity index (χ4n) is 4.07. The molecule has 3 aliphatic carbocycles. The smallest absolute Gasteiger partial charge is 0.0261 e. The van der Waals surface area contributed by atoms with Crippen molar-refractivity contribution in [2.75, 3.05) is 0 Å². The summed E-state index contributed by atoms with van der Waals surface area (Å²) in [6.07, 6.45) is 7.81. The summed E-state index contributed by atoms with van der Waals surface area (Å²) < 4.78 is 0. The summed E-state index contributed by atoms with van der Waals surface area (Å²) in [5, 5.41) is 0. The van der Waals surface area contributed by atoms with Crippen molar-refractivity contribution in [3.63, 3.8) is 0 Å². The summed E-state index contributed by atoms with van der Waals surface area (Å²) in [4.78, 5) is 0. The number of hydrogen-bond acceptors (Lipinski definition) is 0. The Morgan fingerprint density at radius 1 is 1.20 bits per heavy atom. The van der Waals surface area contributed by atoms with Crippen LogP contribution in [0.5, 0.6) is 0 Å². The lowest BCUT2D eigenvalue weighted by atomic mass is 9.79. The molecule has 0 spiro atoms. The van der Waals surface area contributed by atoms with Gasteiger partial charge in [-0.1, -0.05) is 19.8 Å². The van der Waals surface area contributed by atoms with Crippen LogP contribution in [0, 0.1) is 23.2 Å². The molecule has 4 atom stereocenters. The van der Waals surface area contributed by atoms with E-state index in [2.05, 4.69) is 6.92 Å². The first-order chi connectivity index (χ1) is 4.82. The van der Waals surface area contributed by atoms with Crippen LogP contribution in [-0.2, 0) is 0 Å². The molecule has 0 saturated heterocycles. The van der Waals surface area contributed by atoms with Gasteiger partial charge >= 0.3 is 0 Å². The molecular formula is C10H16. The Morgan fingerprint density at radius 2 is 2.10 bits per heavy atom. The maximum absolute atomic E-state index is 2.54. The average molecular weight is 136 g/mol. The molecule has 3 saturated carbocycles. The van der Waals surface area contributed by atoms with Gasteiger partial charge in [0.1, 0.15) is 0 Å². The lowest BCUT2D eigenvalue weighted by Crippen LogP contribution is -2.15. The zero-order valence-electron chi connectivity index (χ0n) is 6.77. The summed E-state index contributed by atoms with van der Waals surface area (Å²) in [6, 6.07) is 0. The maximum Gasteiger partial charge on any atom is -0.0261 e. The van der Waals surface area contributed by atoms with Gasteiger partial charge in [0.25, 0.3) is 0 Å². The number of rotatable bonds is 0. The second-order valence-electron chi connectivity index (χ2n) is 4.87. The highest BCUT2D eigenvalue weighted by Gasteiger charge is 2.67. The Bertz CT molecular complexity index is 169. The molecule has 0 heterocycles. The fourth-order valence-corrected chi connectivity index (χ4v) is 4.07. The highest BCUT2D eigenvalue weighted by Crippen LogP contribution is 2.74. The fraction of sp³-hybridized carbons (Fsp3) is 1.00. The van der Waals surface area contributed by atoms with E-state index in [1.165, 1.54) is 24.2 Å². The highest BCUT2D eigenvalue weighted by molar-refractivity contribution is 5.15. The predicted molar refractivity (Wildman–Crippen MR) is 41.7 cm³/mol. The first-order valence-corrected chi connectivity index (χ1v) is 4.82. The molecule has 4 unspecified atom stereocenters. The van der Waals surface area contributed by atoms with Gasteiger partial charge < -0.3 is 0 Å². The first kappa shape index (κ1) is 5.62. The van der Waals surface area contributed by atoms with Crippen LogP contribution in [0.2, 0.25) is 0 Å². The lowest BCUT2D eigenvalue weighted by Gasteiger charge is -2.26. The molecule has 0 nitrogen and oxygen atoms in total. The maximum atomic E-state index is 2.54. The van der Waals surface area contributed by atoms with E-state index in [0.29, 0.717) is 0 Å². The molecule has 3 aliphatic rings. The van der Waals surface area contributed by atoms with Crippen molar-refractivity contribution >= 4 is 0 Å². The van der Waals surface area contributed by atoms with Gasteiger partial charge in [-0.15, -0.1) is 0 Å². The standard InChI is InChI=1S/C10H16/c1-10-6-2-3-7-4-5-8(10)9(7)10/h7-9H,2-6H2,1H3. The van der Waals surface area contributed by atoms with Crippen LogP contribution in [0.4, 0.5) is 0 Å². The largest absolute Gasteiger partial charge is 0.0591 e. The van der Waals surface area contributed by atoms with Crippen molar-refractivity contribution in [2.24, 2.45) is 23.2 Å². The van der Waals surface area contributed by atoms with Crippen LogP contribution in [0.3, 0.4) is 0 Å². The Morgan fingerprint density at radius 3 is 2.80 bits per heavy atom. The summed E-state index contributed by atoms with van der Waals surface area (Å²) in [5.41, 5.74) is 0.862. The van der Waals surface area contributed by atoms with E-state index in [9.17, 15) is 0 Å².